The minimum atomic E-state index is -0.734. The summed E-state index contributed by atoms with van der Waals surface area (Å²) >= 11 is 3.10. The fourth-order valence-corrected chi connectivity index (χ4v) is 2.22. The molecule has 5 heteroatoms. The Morgan fingerprint density at radius 1 is 1.42 bits per heavy atom. The molecule has 0 saturated heterocycles. The number of rotatable bonds is 4. The predicted octanol–water partition coefficient (Wildman–Crippen LogP) is 3.16. The highest BCUT2D eigenvalue weighted by Crippen LogP contribution is 2.23. The van der Waals surface area contributed by atoms with E-state index < -0.39 is 6.10 Å². The van der Waals surface area contributed by atoms with Crippen LogP contribution < -0.4 is 0 Å². The second-order valence-electron chi connectivity index (χ2n) is 4.50. The van der Waals surface area contributed by atoms with Crippen LogP contribution in [-0.4, -0.2) is 14.9 Å². The van der Waals surface area contributed by atoms with Crippen molar-refractivity contribution in [3.63, 3.8) is 0 Å². The lowest BCUT2D eigenvalue weighted by molar-refractivity contribution is 0.175. The summed E-state index contributed by atoms with van der Waals surface area (Å²) in [7, 11) is 1.85. The van der Waals surface area contributed by atoms with E-state index in [4.69, 9.17) is 0 Å². The molecule has 0 aliphatic rings. The van der Waals surface area contributed by atoms with Gasteiger partial charge in [0.25, 0.3) is 0 Å². The summed E-state index contributed by atoms with van der Waals surface area (Å²) in [5.74, 6) is -0.365. The summed E-state index contributed by atoms with van der Waals surface area (Å²) in [5.41, 5.74) is 2.50. The molecule has 0 amide bonds. The number of aromatic nitrogens is 2. The van der Waals surface area contributed by atoms with Gasteiger partial charge in [0.05, 0.1) is 16.3 Å². The molecule has 1 atom stereocenters. The molecule has 0 saturated carbocycles. The zero-order valence-electron chi connectivity index (χ0n) is 10.9. The quantitative estimate of drug-likeness (QED) is 0.937. The third-order valence-electron chi connectivity index (χ3n) is 3.12. The average Bonchev–Trinajstić information content (AvgIpc) is 2.73. The molecule has 3 nitrogen and oxygen atoms in total. The van der Waals surface area contributed by atoms with Crippen LogP contribution in [-0.2, 0) is 19.9 Å². The third-order valence-corrected chi connectivity index (χ3v) is 3.76. The van der Waals surface area contributed by atoms with Gasteiger partial charge in [-0.15, -0.1) is 0 Å². The van der Waals surface area contributed by atoms with Gasteiger partial charge in [0.1, 0.15) is 5.82 Å². The zero-order valence-corrected chi connectivity index (χ0v) is 12.5. The van der Waals surface area contributed by atoms with Gasteiger partial charge in [0.15, 0.2) is 0 Å². The highest BCUT2D eigenvalue weighted by molar-refractivity contribution is 9.10. The minimum absolute atomic E-state index is 0.365. The maximum absolute atomic E-state index is 13.4. The lowest BCUT2D eigenvalue weighted by Crippen LogP contribution is -2.06. The minimum Gasteiger partial charge on any atom is -0.388 e. The smallest absolute Gasteiger partial charge is 0.137 e. The number of aryl methyl sites for hydroxylation is 2. The molecule has 19 heavy (non-hydrogen) atoms. The van der Waals surface area contributed by atoms with Gasteiger partial charge < -0.3 is 5.11 Å². The monoisotopic (exact) mass is 326 g/mol. The van der Waals surface area contributed by atoms with E-state index in [1.807, 2.05) is 20.0 Å². The number of hydrogen-bond donors (Lipinski definition) is 1. The Bertz CT molecular complexity index is 583. The van der Waals surface area contributed by atoms with E-state index in [-0.39, 0.29) is 5.82 Å². The van der Waals surface area contributed by atoms with Gasteiger partial charge in [0.2, 0.25) is 0 Å². The van der Waals surface area contributed by atoms with Gasteiger partial charge in [-0.1, -0.05) is 13.0 Å². The summed E-state index contributed by atoms with van der Waals surface area (Å²) < 4.78 is 15.6. The van der Waals surface area contributed by atoms with Crippen LogP contribution >= 0.6 is 15.9 Å². The fourth-order valence-electron chi connectivity index (χ4n) is 1.97. The molecule has 2 rings (SSSR count). The molecule has 1 heterocycles. The highest BCUT2D eigenvalue weighted by atomic mass is 79.9. The Morgan fingerprint density at radius 2 is 2.16 bits per heavy atom. The van der Waals surface area contributed by atoms with Gasteiger partial charge in [-0.2, -0.15) is 5.10 Å². The standard InChI is InChI=1S/C14H16BrFN2O/c1-3-10-7-11(18(2)17-10)8-14(19)9-4-5-12(15)13(16)6-9/h4-7,14,19H,3,8H2,1-2H3. The number of nitrogens with zero attached hydrogens (tertiary/aromatic N) is 2. The van der Waals surface area contributed by atoms with Crippen LogP contribution in [0.3, 0.4) is 0 Å². The van der Waals surface area contributed by atoms with Gasteiger partial charge in [0, 0.05) is 19.2 Å². The SMILES string of the molecule is CCc1cc(CC(O)c2ccc(Br)c(F)c2)n(C)n1. The second kappa shape index (κ2) is 5.84. The van der Waals surface area contributed by atoms with Gasteiger partial charge in [-0.05, 0) is 46.1 Å². The molecule has 1 unspecified atom stereocenters. The van der Waals surface area contributed by atoms with E-state index in [9.17, 15) is 9.50 Å². The molecule has 102 valence electrons. The zero-order chi connectivity index (χ0) is 14.0. The predicted molar refractivity (Wildman–Crippen MR) is 75.3 cm³/mol. The van der Waals surface area contributed by atoms with Crippen LogP contribution in [0.15, 0.2) is 28.7 Å². The Labute approximate surface area is 120 Å². The molecule has 0 radical (unpaired) electrons. The van der Waals surface area contributed by atoms with Crippen LogP contribution in [0, 0.1) is 5.82 Å². The molecule has 0 aliphatic heterocycles. The fraction of sp³-hybridized carbons (Fsp3) is 0.357. The van der Waals surface area contributed by atoms with Crippen molar-refractivity contribution < 1.29 is 9.50 Å². The van der Waals surface area contributed by atoms with E-state index in [1.165, 1.54) is 6.07 Å². The van der Waals surface area contributed by atoms with Crippen molar-refractivity contribution in [2.24, 2.45) is 7.05 Å². The van der Waals surface area contributed by atoms with E-state index in [0.717, 1.165) is 17.8 Å². The maximum atomic E-state index is 13.4. The summed E-state index contributed by atoms with van der Waals surface area (Å²) in [6.07, 6.45) is 0.546. The van der Waals surface area contributed by atoms with Crippen molar-refractivity contribution in [3.05, 3.63) is 51.5 Å². The topological polar surface area (TPSA) is 38.0 Å². The Kier molecular flexibility index (Phi) is 4.37. The maximum Gasteiger partial charge on any atom is 0.137 e. The van der Waals surface area contributed by atoms with E-state index in [2.05, 4.69) is 21.0 Å². The van der Waals surface area contributed by atoms with Crippen LogP contribution in [0.5, 0.6) is 0 Å². The van der Waals surface area contributed by atoms with Crippen LogP contribution in [0.4, 0.5) is 4.39 Å². The number of hydrogen-bond acceptors (Lipinski definition) is 2. The second-order valence-corrected chi connectivity index (χ2v) is 5.35. The molecule has 0 fully saturated rings. The van der Waals surface area contributed by atoms with Crippen molar-refractivity contribution >= 4 is 15.9 Å². The molecule has 1 aromatic heterocycles. The van der Waals surface area contributed by atoms with Crippen molar-refractivity contribution in [3.8, 4) is 0 Å². The molecular formula is C14H16BrFN2O. The average molecular weight is 327 g/mol. The van der Waals surface area contributed by atoms with Crippen molar-refractivity contribution in [2.75, 3.05) is 0 Å². The van der Waals surface area contributed by atoms with Crippen molar-refractivity contribution in [2.45, 2.75) is 25.9 Å². The first-order valence-corrected chi connectivity index (χ1v) is 6.95. The van der Waals surface area contributed by atoms with Crippen molar-refractivity contribution in [1.29, 1.82) is 0 Å². The van der Waals surface area contributed by atoms with Gasteiger partial charge >= 0.3 is 0 Å². The Balaban J connectivity index is 2.17. The van der Waals surface area contributed by atoms with E-state index in [1.54, 1.807) is 16.8 Å². The van der Waals surface area contributed by atoms with Crippen LogP contribution in [0.25, 0.3) is 0 Å². The molecule has 1 aromatic carbocycles. The summed E-state index contributed by atoms with van der Waals surface area (Å²) in [5, 5.41) is 14.5. The number of aliphatic hydroxyl groups excluding tert-OH is 1. The Hall–Kier alpha value is -1.20. The largest absolute Gasteiger partial charge is 0.388 e. The highest BCUT2D eigenvalue weighted by Gasteiger charge is 2.14. The summed E-state index contributed by atoms with van der Waals surface area (Å²) in [6, 6.07) is 6.65. The van der Waals surface area contributed by atoms with Gasteiger partial charge in [-0.3, -0.25) is 4.68 Å². The first kappa shape index (κ1) is 14.2. The Morgan fingerprint density at radius 3 is 2.74 bits per heavy atom. The molecule has 0 bridgehead atoms. The van der Waals surface area contributed by atoms with E-state index in [0.29, 0.717) is 16.5 Å². The number of benzene rings is 1. The first-order chi connectivity index (χ1) is 9.01. The molecular weight excluding hydrogens is 311 g/mol. The first-order valence-electron chi connectivity index (χ1n) is 6.16. The lowest BCUT2D eigenvalue weighted by atomic mass is 10.0. The normalized spacial score (nSPS) is 12.7. The summed E-state index contributed by atoms with van der Waals surface area (Å²) in [4.78, 5) is 0. The van der Waals surface area contributed by atoms with Crippen LogP contribution in [0.1, 0.15) is 30.0 Å². The lowest BCUT2D eigenvalue weighted by Gasteiger charge is -2.11. The molecule has 2 aromatic rings. The number of halogens is 2. The van der Waals surface area contributed by atoms with Crippen LogP contribution in [0.2, 0.25) is 0 Å². The summed E-state index contributed by atoms with van der Waals surface area (Å²) in [6.45, 7) is 2.03. The van der Waals surface area contributed by atoms with Gasteiger partial charge in [-0.25, -0.2) is 4.39 Å². The number of aliphatic hydroxyl groups is 1. The van der Waals surface area contributed by atoms with E-state index >= 15 is 0 Å². The third kappa shape index (κ3) is 3.22. The molecule has 0 spiro atoms. The molecule has 0 aliphatic carbocycles. The van der Waals surface area contributed by atoms with Crippen molar-refractivity contribution in [1.82, 2.24) is 9.78 Å². The molecule has 1 N–H and O–H groups in total.